The maximum Gasteiger partial charge on any atom is 0.320 e. The van der Waals surface area contributed by atoms with Gasteiger partial charge in [-0.15, -0.1) is 0 Å². The van der Waals surface area contributed by atoms with E-state index >= 15 is 0 Å². The summed E-state index contributed by atoms with van der Waals surface area (Å²) in [5, 5.41) is 18.0. The lowest BCUT2D eigenvalue weighted by molar-refractivity contribution is 0.247. The Kier molecular flexibility index (Phi) is 4.17. The quantitative estimate of drug-likeness (QED) is 0.653. The van der Waals surface area contributed by atoms with Crippen LogP contribution in [-0.4, -0.2) is 23.8 Å². The standard InChI is InChI=1S/C13H19N3O2/c1-9-4-5-11(7-10(9)8-17)15-13(18)16-12-3-2-6-14-12/h4-5,7,12,14,17H,2-3,6,8H2,1H3,(H2,15,16,18)/t12-/m1/s1. The lowest BCUT2D eigenvalue weighted by Crippen LogP contribution is -2.43. The maximum absolute atomic E-state index is 11.7. The second-order valence-corrected chi connectivity index (χ2v) is 4.55. The lowest BCUT2D eigenvalue weighted by Gasteiger charge is -2.14. The number of anilines is 1. The van der Waals surface area contributed by atoms with E-state index in [0.717, 1.165) is 30.5 Å². The highest BCUT2D eigenvalue weighted by atomic mass is 16.3. The molecule has 0 aliphatic carbocycles. The number of nitrogens with one attached hydrogen (secondary N) is 3. The van der Waals surface area contributed by atoms with Crippen LogP contribution < -0.4 is 16.0 Å². The van der Waals surface area contributed by atoms with Crippen molar-refractivity contribution >= 4 is 11.7 Å². The first kappa shape index (κ1) is 12.9. The molecule has 1 aromatic rings. The average Bonchev–Trinajstić information content (AvgIpc) is 2.84. The van der Waals surface area contributed by atoms with E-state index in [1.54, 1.807) is 6.07 Å². The number of rotatable bonds is 3. The topological polar surface area (TPSA) is 73.4 Å². The molecule has 1 heterocycles. The van der Waals surface area contributed by atoms with Gasteiger partial charge in [-0.3, -0.25) is 5.32 Å². The highest BCUT2D eigenvalue weighted by molar-refractivity contribution is 5.89. The first-order valence-corrected chi connectivity index (χ1v) is 6.20. The van der Waals surface area contributed by atoms with E-state index in [0.29, 0.717) is 5.69 Å². The van der Waals surface area contributed by atoms with Crippen molar-refractivity contribution in [3.8, 4) is 0 Å². The normalized spacial score (nSPS) is 18.7. The van der Waals surface area contributed by atoms with Crippen molar-refractivity contribution in [2.75, 3.05) is 11.9 Å². The van der Waals surface area contributed by atoms with Crippen molar-refractivity contribution in [2.45, 2.75) is 32.5 Å². The van der Waals surface area contributed by atoms with Crippen LogP contribution in [-0.2, 0) is 6.61 Å². The Morgan fingerprint density at radius 2 is 2.39 bits per heavy atom. The van der Waals surface area contributed by atoms with E-state index in [1.807, 2.05) is 19.1 Å². The Balaban J connectivity index is 1.93. The Bertz CT molecular complexity index is 428. The van der Waals surface area contributed by atoms with Crippen LogP contribution in [0.25, 0.3) is 0 Å². The molecule has 1 atom stereocenters. The Morgan fingerprint density at radius 3 is 3.06 bits per heavy atom. The van der Waals surface area contributed by atoms with Crippen LogP contribution in [0.3, 0.4) is 0 Å². The molecule has 5 nitrogen and oxygen atoms in total. The number of hydrogen-bond donors (Lipinski definition) is 4. The van der Waals surface area contributed by atoms with E-state index in [9.17, 15) is 4.79 Å². The summed E-state index contributed by atoms with van der Waals surface area (Å²) in [6, 6.07) is 5.28. The van der Waals surface area contributed by atoms with Gasteiger partial charge >= 0.3 is 6.03 Å². The van der Waals surface area contributed by atoms with Gasteiger partial charge < -0.3 is 15.7 Å². The third kappa shape index (κ3) is 3.21. The number of aliphatic hydroxyl groups is 1. The summed E-state index contributed by atoms with van der Waals surface area (Å²) in [6.45, 7) is 2.86. The van der Waals surface area contributed by atoms with Crippen LogP contribution >= 0.6 is 0 Å². The summed E-state index contributed by atoms with van der Waals surface area (Å²) in [6.07, 6.45) is 2.11. The van der Waals surface area contributed by atoms with Gasteiger partial charge in [-0.1, -0.05) is 6.07 Å². The van der Waals surface area contributed by atoms with Crippen molar-refractivity contribution in [2.24, 2.45) is 0 Å². The molecule has 1 aliphatic rings. The molecule has 0 saturated carbocycles. The molecule has 0 spiro atoms. The molecule has 2 rings (SSSR count). The second-order valence-electron chi connectivity index (χ2n) is 4.55. The van der Waals surface area contributed by atoms with Crippen LogP contribution in [0.15, 0.2) is 18.2 Å². The minimum Gasteiger partial charge on any atom is -0.392 e. The minimum absolute atomic E-state index is 0.0207. The van der Waals surface area contributed by atoms with Crippen molar-refractivity contribution in [3.63, 3.8) is 0 Å². The van der Waals surface area contributed by atoms with Gasteiger partial charge in [-0.25, -0.2) is 4.79 Å². The molecule has 1 saturated heterocycles. The molecular formula is C13H19N3O2. The Labute approximate surface area is 107 Å². The summed E-state index contributed by atoms with van der Waals surface area (Å²) >= 11 is 0. The van der Waals surface area contributed by atoms with E-state index < -0.39 is 0 Å². The zero-order chi connectivity index (χ0) is 13.0. The molecule has 98 valence electrons. The molecule has 0 bridgehead atoms. The molecule has 5 heteroatoms. The van der Waals surface area contributed by atoms with Gasteiger partial charge in [0.25, 0.3) is 0 Å². The molecule has 1 aliphatic heterocycles. The van der Waals surface area contributed by atoms with Crippen LogP contribution in [0, 0.1) is 6.92 Å². The largest absolute Gasteiger partial charge is 0.392 e. The molecule has 0 aromatic heterocycles. The van der Waals surface area contributed by atoms with Gasteiger partial charge in [-0.2, -0.15) is 0 Å². The minimum atomic E-state index is -0.220. The fourth-order valence-corrected chi connectivity index (χ4v) is 2.05. The molecule has 1 aromatic carbocycles. The van der Waals surface area contributed by atoms with Gasteiger partial charge in [0.15, 0.2) is 0 Å². The number of aryl methyl sites for hydroxylation is 1. The van der Waals surface area contributed by atoms with Gasteiger partial charge in [0.05, 0.1) is 12.8 Å². The van der Waals surface area contributed by atoms with Crippen LogP contribution in [0.5, 0.6) is 0 Å². The fraction of sp³-hybridized carbons (Fsp3) is 0.462. The fourth-order valence-electron chi connectivity index (χ4n) is 2.05. The monoisotopic (exact) mass is 249 g/mol. The SMILES string of the molecule is Cc1ccc(NC(=O)N[C@@H]2CCCN2)cc1CO. The number of benzene rings is 1. The highest BCUT2D eigenvalue weighted by Gasteiger charge is 2.16. The molecule has 4 N–H and O–H groups in total. The molecule has 18 heavy (non-hydrogen) atoms. The number of aliphatic hydroxyl groups excluding tert-OH is 1. The van der Waals surface area contributed by atoms with Crippen LogP contribution in [0.4, 0.5) is 10.5 Å². The van der Waals surface area contributed by atoms with Crippen molar-refractivity contribution in [1.82, 2.24) is 10.6 Å². The zero-order valence-corrected chi connectivity index (χ0v) is 10.5. The molecular weight excluding hydrogens is 230 g/mol. The Morgan fingerprint density at radius 1 is 1.56 bits per heavy atom. The highest BCUT2D eigenvalue weighted by Crippen LogP contribution is 2.15. The molecule has 2 amide bonds. The van der Waals surface area contributed by atoms with Crippen LogP contribution in [0.2, 0.25) is 0 Å². The summed E-state index contributed by atoms with van der Waals surface area (Å²) in [5.74, 6) is 0. The summed E-state index contributed by atoms with van der Waals surface area (Å²) in [5.41, 5.74) is 2.54. The van der Waals surface area contributed by atoms with E-state index in [2.05, 4.69) is 16.0 Å². The van der Waals surface area contributed by atoms with Gasteiger partial charge in [0, 0.05) is 5.69 Å². The predicted octanol–water partition coefficient (Wildman–Crippen LogP) is 1.32. The van der Waals surface area contributed by atoms with Gasteiger partial charge in [-0.05, 0) is 49.6 Å². The third-order valence-electron chi connectivity index (χ3n) is 3.14. The van der Waals surface area contributed by atoms with E-state index in [4.69, 9.17) is 5.11 Å². The first-order chi connectivity index (χ1) is 8.69. The van der Waals surface area contributed by atoms with Gasteiger partial charge in [0.2, 0.25) is 0 Å². The summed E-state index contributed by atoms with van der Waals surface area (Å²) in [7, 11) is 0. The van der Waals surface area contributed by atoms with Crippen molar-refractivity contribution in [3.05, 3.63) is 29.3 Å². The first-order valence-electron chi connectivity index (χ1n) is 6.20. The molecule has 0 unspecified atom stereocenters. The molecule has 1 fully saturated rings. The third-order valence-corrected chi connectivity index (χ3v) is 3.14. The Hall–Kier alpha value is -1.59. The average molecular weight is 249 g/mol. The summed E-state index contributed by atoms with van der Waals surface area (Å²) in [4.78, 5) is 11.7. The second kappa shape index (κ2) is 5.84. The number of urea groups is 1. The van der Waals surface area contributed by atoms with E-state index in [-0.39, 0.29) is 18.8 Å². The zero-order valence-electron chi connectivity index (χ0n) is 10.5. The summed E-state index contributed by atoms with van der Waals surface area (Å²) < 4.78 is 0. The number of carbonyl (C=O) groups is 1. The van der Waals surface area contributed by atoms with Crippen molar-refractivity contribution < 1.29 is 9.90 Å². The number of hydrogen-bond acceptors (Lipinski definition) is 3. The van der Waals surface area contributed by atoms with Gasteiger partial charge in [0.1, 0.15) is 0 Å². The lowest BCUT2D eigenvalue weighted by atomic mass is 10.1. The number of amides is 2. The number of carbonyl (C=O) groups excluding carboxylic acids is 1. The smallest absolute Gasteiger partial charge is 0.320 e. The van der Waals surface area contributed by atoms with Crippen molar-refractivity contribution in [1.29, 1.82) is 0 Å². The predicted molar refractivity (Wildman–Crippen MR) is 70.3 cm³/mol. The maximum atomic E-state index is 11.7. The van der Waals surface area contributed by atoms with Crippen LogP contribution in [0.1, 0.15) is 24.0 Å². The molecule has 0 radical (unpaired) electrons. The van der Waals surface area contributed by atoms with E-state index in [1.165, 1.54) is 0 Å².